The van der Waals surface area contributed by atoms with Crippen LogP contribution in [0.1, 0.15) is 103 Å². The van der Waals surface area contributed by atoms with Crippen molar-refractivity contribution >= 4 is 84.6 Å². The molecule has 0 radical (unpaired) electrons. The van der Waals surface area contributed by atoms with Crippen molar-refractivity contribution in [2.75, 3.05) is 201 Å². The molecule has 6 aromatic carbocycles. The second-order valence-corrected chi connectivity index (χ2v) is 37.4. The van der Waals surface area contributed by atoms with E-state index in [1.807, 2.05) is 0 Å². The first kappa shape index (κ1) is 94.1. The van der Waals surface area contributed by atoms with E-state index in [-0.39, 0.29) is 50.2 Å². The number of likely N-dealkylation sites (N-methyl/N-ethyl adjacent to an activating group) is 2. The Kier molecular flexibility index (Phi) is 29.3. The number of carbonyl (C=O) groups is 3. The molecule has 13 heterocycles. The van der Waals surface area contributed by atoms with Gasteiger partial charge in [-0.2, -0.15) is 29.9 Å². The average molecular weight is 1840 g/mol. The summed E-state index contributed by atoms with van der Waals surface area (Å²) < 4.78 is 65.1. The van der Waals surface area contributed by atoms with Gasteiger partial charge in [-0.05, 0) is 163 Å². The summed E-state index contributed by atoms with van der Waals surface area (Å²) in [5.74, 6) is -1.35. The fourth-order valence-electron chi connectivity index (χ4n) is 21.5. The topological polar surface area (TPSA) is 217 Å². The smallest absolute Gasteiger partial charge is 0.318 e. The van der Waals surface area contributed by atoms with Gasteiger partial charge in [0, 0.05) is 179 Å². The Labute approximate surface area is 789 Å². The number of allylic oxidation sites excluding steroid dienone is 1. The highest BCUT2D eigenvalue weighted by molar-refractivity contribution is 5.99. The number of rotatable bonds is 24. The van der Waals surface area contributed by atoms with Crippen molar-refractivity contribution < 1.29 is 46.5 Å². The molecule has 6 atom stereocenters. The zero-order chi connectivity index (χ0) is 94.1. The second-order valence-electron chi connectivity index (χ2n) is 37.4. The molecule has 9 aromatic rings. The molecule has 10 aliphatic rings. The van der Waals surface area contributed by atoms with E-state index >= 15 is 0 Å². The Morgan fingerprint density at radius 3 is 1.27 bits per heavy atom. The Balaban J connectivity index is 0.000000141. The molecule has 7 fully saturated rings. The first-order valence-corrected chi connectivity index (χ1v) is 47.7. The van der Waals surface area contributed by atoms with Gasteiger partial charge in [0.15, 0.2) is 11.7 Å². The van der Waals surface area contributed by atoms with Crippen LogP contribution in [-0.2, 0) is 58.0 Å². The van der Waals surface area contributed by atoms with Crippen LogP contribution in [0.2, 0.25) is 0 Å². The lowest BCUT2D eigenvalue weighted by atomic mass is 9.96. The minimum atomic E-state index is -1.00. The van der Waals surface area contributed by atoms with Crippen molar-refractivity contribution in [1.29, 1.82) is 0 Å². The molecule has 0 saturated carbocycles. The van der Waals surface area contributed by atoms with Crippen molar-refractivity contribution in [2.45, 2.75) is 154 Å². The van der Waals surface area contributed by atoms with E-state index in [1.165, 1.54) is 88.0 Å². The van der Waals surface area contributed by atoms with Gasteiger partial charge in [0.05, 0.1) is 42.3 Å². The third kappa shape index (κ3) is 20.3. The van der Waals surface area contributed by atoms with E-state index in [0.717, 1.165) is 168 Å². The van der Waals surface area contributed by atoms with Crippen LogP contribution in [0.3, 0.4) is 0 Å². The van der Waals surface area contributed by atoms with Gasteiger partial charge in [0.25, 0.3) is 11.8 Å². The molecule has 31 heteroatoms. The maximum Gasteiger partial charge on any atom is 0.318 e. The molecular formula is C104H122F3N21O7. The van der Waals surface area contributed by atoms with Gasteiger partial charge in [0.2, 0.25) is 25.5 Å². The molecule has 28 nitrogen and oxygen atoms in total. The number of anilines is 6. The number of halogens is 3. The van der Waals surface area contributed by atoms with Crippen molar-refractivity contribution in [3.63, 3.8) is 0 Å². The molecule has 3 unspecified atom stereocenters. The van der Waals surface area contributed by atoms with Crippen molar-refractivity contribution in [3.05, 3.63) is 231 Å². The number of carbonyl (C=O) groups excluding carboxylic acids is 3. The van der Waals surface area contributed by atoms with E-state index in [2.05, 4.69) is 223 Å². The molecule has 135 heavy (non-hydrogen) atoms. The first-order valence-electron chi connectivity index (χ1n) is 47.7. The number of amides is 3. The number of hydrogen-bond acceptors (Lipinski definition) is 22. The Morgan fingerprint density at radius 2 is 0.896 bits per heavy atom. The summed E-state index contributed by atoms with van der Waals surface area (Å²) in [5, 5.41) is 7.41. The standard InChI is InChI=1S/C36H42FN7O3.2C34H40FN7O2/c1-24-6-4-7-26-8-5-9-32(33(24)26)41-14-11-30-31(22-41)39-36(47-23-28-10-15-43(28)27-12-18-46-19-13-27)40-34(30)42-16-17-44(35(45)25(2)37)29(21-42)20-38-3;1-23-9-6-10-25-11-7-12-29(30(23)25)40-16-13-27-28(21-40)37-33(44-22-34(3)14-8-15-39(34)5)38-31(27)41-17-18-42(32(43)24(2)35)26(20-41)19-36-4;1-4-39-16-13-26(39)23-44-34-37-29-22-40(30-11-6-10-25-9-5-8-24(2)32(25)30)17-14-28(29)33(38-34)41-18-19-42(27(21-41)20-36-3)31(43)12-7-15-35/h4-9,27-29H,2,10-23H2,1H3;6-7,9-12,26H,2,8,13-22H2,1,3,5H3;5-12,26-27H,4,13-23H2,1-2H3/b;;12-7+/t28?,29-;26-,34?;26?,27-/m000/s1. The maximum absolute atomic E-state index is 13.9. The summed E-state index contributed by atoms with van der Waals surface area (Å²) in [5.41, 5.74) is 13.2. The van der Waals surface area contributed by atoms with Crippen molar-refractivity contribution in [2.24, 2.45) is 0 Å². The SMILES string of the molecule is [C-]#[N+]C[C@H]1CN(c2nc(OCC3(C)CCCN3C)nc3c2CCN(c2cccc4cccc(C)c24)C3)CCN1C(=O)C(=C)F.[C-]#[N+]C[C@H]1CN(c2nc(OCC3CCN3C3CCOCC3)nc3c2CCN(c2cccc4cccc(C)c24)C3)CCN1C(=O)C(=C)F.[C-]#[N+]C[C@H]1CN(c2nc(OCC3CCN3CC)nc3c2CCN(c2cccc4cccc(C)c24)C3)CCN1C(=O)/C=C/CF. The third-order valence-electron chi connectivity index (χ3n) is 29.2. The van der Waals surface area contributed by atoms with Crippen LogP contribution in [0, 0.1) is 40.5 Å². The van der Waals surface area contributed by atoms with Crippen LogP contribution < -0.4 is 43.6 Å². The second kappa shape index (κ2) is 42.0. The number of hydrogen-bond donors (Lipinski definition) is 0. The summed E-state index contributed by atoms with van der Waals surface area (Å²) >= 11 is 0. The average Bonchev–Trinajstić information content (AvgIpc) is 1.25. The van der Waals surface area contributed by atoms with E-state index < -0.39 is 42.2 Å². The maximum atomic E-state index is 13.9. The highest BCUT2D eigenvalue weighted by Crippen LogP contribution is 2.43. The molecule has 7 saturated heterocycles. The summed E-state index contributed by atoms with van der Waals surface area (Å²) in [6.07, 6.45) is 11.2. The van der Waals surface area contributed by atoms with Gasteiger partial charge >= 0.3 is 18.0 Å². The van der Waals surface area contributed by atoms with E-state index in [1.54, 1.807) is 4.90 Å². The highest BCUT2D eigenvalue weighted by atomic mass is 19.1. The Bertz CT molecular complexity index is 6060. The molecule has 3 amide bonds. The number of nitrogens with zero attached hydrogens (tertiary/aromatic N) is 21. The molecular weight excluding hydrogens is 1710 g/mol. The van der Waals surface area contributed by atoms with E-state index in [0.29, 0.717) is 121 Å². The van der Waals surface area contributed by atoms with Gasteiger partial charge in [-0.25, -0.2) is 32.9 Å². The number of likely N-dealkylation sites (tertiary alicyclic amines) is 3. The normalized spacial score (nSPS) is 21.6. The molecule has 19 rings (SSSR count). The minimum absolute atomic E-state index is 0.0735. The number of benzene rings is 6. The van der Waals surface area contributed by atoms with Crippen molar-refractivity contribution in [3.8, 4) is 18.0 Å². The third-order valence-corrected chi connectivity index (χ3v) is 29.2. The van der Waals surface area contributed by atoms with Crippen LogP contribution in [0.5, 0.6) is 18.0 Å². The summed E-state index contributed by atoms with van der Waals surface area (Å²) in [6.45, 7) is 54.7. The number of fused-ring (bicyclic) bond motifs is 6. The van der Waals surface area contributed by atoms with E-state index in [4.69, 9.17) is 68.6 Å². The Hall–Kier alpha value is -12.7. The van der Waals surface area contributed by atoms with Crippen LogP contribution in [0.15, 0.2) is 146 Å². The molecule has 0 aliphatic carbocycles. The number of aromatic nitrogens is 6. The summed E-state index contributed by atoms with van der Waals surface area (Å²) in [4.78, 5) is 104. The van der Waals surface area contributed by atoms with Crippen LogP contribution in [0.25, 0.3) is 46.9 Å². The lowest BCUT2D eigenvalue weighted by molar-refractivity contribution is -0.131. The minimum Gasteiger partial charge on any atom is -0.462 e. The van der Waals surface area contributed by atoms with Crippen LogP contribution in [0.4, 0.5) is 47.7 Å². The van der Waals surface area contributed by atoms with Gasteiger partial charge in [-0.15, -0.1) is 0 Å². The zero-order valence-corrected chi connectivity index (χ0v) is 78.5. The fourth-order valence-corrected chi connectivity index (χ4v) is 21.5. The van der Waals surface area contributed by atoms with Gasteiger partial charge in [-0.1, -0.05) is 111 Å². The highest BCUT2D eigenvalue weighted by Gasteiger charge is 2.43. The van der Waals surface area contributed by atoms with Crippen molar-refractivity contribution in [1.82, 2.24) is 59.3 Å². The molecule has 3 aromatic heterocycles. The lowest BCUT2D eigenvalue weighted by Crippen LogP contribution is -2.57. The molecule has 706 valence electrons. The Morgan fingerprint density at radius 1 is 0.496 bits per heavy atom. The van der Waals surface area contributed by atoms with Crippen LogP contribution in [-0.4, -0.2) is 290 Å². The molecule has 0 spiro atoms. The predicted octanol–water partition coefficient (Wildman–Crippen LogP) is 13.8. The number of ether oxygens (including phenoxy) is 4. The zero-order valence-electron chi connectivity index (χ0n) is 78.5. The first-order chi connectivity index (χ1) is 65.6. The molecule has 0 bridgehead atoms. The van der Waals surface area contributed by atoms with Gasteiger partial charge < -0.3 is 77.6 Å². The predicted molar refractivity (Wildman–Crippen MR) is 521 cm³/mol. The summed E-state index contributed by atoms with van der Waals surface area (Å²) in [7, 11) is 2.13. The number of piperazine rings is 3. The quantitative estimate of drug-likeness (QED) is 0.0406. The van der Waals surface area contributed by atoms with Crippen LogP contribution >= 0.6 is 0 Å². The van der Waals surface area contributed by atoms with E-state index in [9.17, 15) is 27.6 Å². The number of alkyl halides is 1. The number of aryl methyl sites for hydroxylation is 3. The molecule has 0 N–H and O–H groups in total. The lowest BCUT2D eigenvalue weighted by Gasteiger charge is -2.47. The van der Waals surface area contributed by atoms with Gasteiger partial charge in [-0.3, -0.25) is 29.1 Å². The summed E-state index contributed by atoms with van der Waals surface area (Å²) in [6, 6.07) is 39.6. The fraction of sp³-hybridized carbons (Fsp3) is 0.481. The largest absolute Gasteiger partial charge is 0.462 e. The molecule has 10 aliphatic heterocycles. The monoisotopic (exact) mass is 1830 g/mol. The van der Waals surface area contributed by atoms with Gasteiger partial charge in [0.1, 0.15) is 62.1 Å².